The summed E-state index contributed by atoms with van der Waals surface area (Å²) >= 11 is 7.45. The van der Waals surface area contributed by atoms with Crippen LogP contribution in [0, 0.1) is 0 Å². The van der Waals surface area contributed by atoms with Gasteiger partial charge in [-0.3, -0.25) is 4.79 Å². The fraction of sp³-hybridized carbons (Fsp3) is 0.238. The van der Waals surface area contributed by atoms with Gasteiger partial charge < -0.3 is 15.0 Å². The average Bonchev–Trinajstić information content (AvgIpc) is 3.17. The van der Waals surface area contributed by atoms with Crippen molar-refractivity contribution < 1.29 is 9.53 Å². The van der Waals surface area contributed by atoms with E-state index in [2.05, 4.69) is 10.3 Å². The molecule has 0 saturated heterocycles. The maximum absolute atomic E-state index is 12.2. The van der Waals surface area contributed by atoms with Gasteiger partial charge in [-0.05, 0) is 43.9 Å². The van der Waals surface area contributed by atoms with Gasteiger partial charge in [-0.2, -0.15) is 0 Å². The Hall–Kier alpha value is -2.41. The third-order valence-electron chi connectivity index (χ3n) is 3.96. The largest absolute Gasteiger partial charge is 0.489 e. The minimum absolute atomic E-state index is 0.155. The zero-order valence-electron chi connectivity index (χ0n) is 15.8. The predicted molar refractivity (Wildman–Crippen MR) is 114 cm³/mol. The summed E-state index contributed by atoms with van der Waals surface area (Å²) in [5.74, 6) is 0.586. The second-order valence-corrected chi connectivity index (χ2v) is 7.84. The van der Waals surface area contributed by atoms with Crippen molar-refractivity contribution in [1.29, 1.82) is 0 Å². The molecule has 28 heavy (non-hydrogen) atoms. The number of hydrogen-bond acceptors (Lipinski definition) is 5. The number of thiazole rings is 1. The Morgan fingerprint density at radius 3 is 2.82 bits per heavy atom. The van der Waals surface area contributed by atoms with Crippen LogP contribution < -0.4 is 10.1 Å². The first-order valence-corrected chi connectivity index (χ1v) is 10.1. The van der Waals surface area contributed by atoms with Crippen molar-refractivity contribution in [3.63, 3.8) is 0 Å². The lowest BCUT2D eigenvalue weighted by atomic mass is 10.2. The van der Waals surface area contributed by atoms with Crippen LogP contribution in [0.1, 0.15) is 16.1 Å². The molecule has 0 aliphatic heterocycles. The van der Waals surface area contributed by atoms with Crippen LogP contribution in [0.3, 0.4) is 0 Å². The molecule has 0 aliphatic carbocycles. The summed E-state index contributed by atoms with van der Waals surface area (Å²) in [6.07, 6.45) is 0. The van der Waals surface area contributed by atoms with Gasteiger partial charge in [0.2, 0.25) is 0 Å². The Morgan fingerprint density at radius 2 is 2.04 bits per heavy atom. The number of amides is 1. The van der Waals surface area contributed by atoms with Gasteiger partial charge in [0.05, 0.1) is 0 Å². The van der Waals surface area contributed by atoms with Crippen molar-refractivity contribution in [3.8, 4) is 16.3 Å². The molecule has 0 spiro atoms. The molecule has 1 N–H and O–H groups in total. The maximum Gasteiger partial charge on any atom is 0.270 e. The van der Waals surface area contributed by atoms with Crippen LogP contribution in [0.25, 0.3) is 10.6 Å². The number of halogens is 1. The highest BCUT2D eigenvalue weighted by molar-refractivity contribution is 7.13. The molecule has 3 aromatic rings. The van der Waals surface area contributed by atoms with Crippen LogP contribution in [0.4, 0.5) is 0 Å². The Bertz CT molecular complexity index is 943. The summed E-state index contributed by atoms with van der Waals surface area (Å²) in [6.45, 7) is 1.81. The zero-order chi connectivity index (χ0) is 19.9. The monoisotopic (exact) mass is 415 g/mol. The molecule has 1 heterocycles. The average molecular weight is 416 g/mol. The van der Waals surface area contributed by atoms with E-state index in [1.165, 1.54) is 11.3 Å². The summed E-state index contributed by atoms with van der Waals surface area (Å²) in [7, 11) is 3.93. The Kier molecular flexibility index (Phi) is 7.03. The van der Waals surface area contributed by atoms with Gasteiger partial charge in [0, 0.05) is 29.1 Å². The molecule has 7 heteroatoms. The molecule has 3 rings (SSSR count). The Balaban J connectivity index is 1.63. The van der Waals surface area contributed by atoms with Gasteiger partial charge in [0.15, 0.2) is 0 Å². The summed E-state index contributed by atoms with van der Waals surface area (Å²) in [4.78, 5) is 18.7. The van der Waals surface area contributed by atoms with E-state index in [1.54, 1.807) is 5.38 Å². The highest BCUT2D eigenvalue weighted by atomic mass is 35.5. The van der Waals surface area contributed by atoms with Crippen molar-refractivity contribution >= 4 is 28.8 Å². The second kappa shape index (κ2) is 9.68. The molecule has 0 atom stereocenters. The Labute approximate surface area is 173 Å². The second-order valence-electron chi connectivity index (χ2n) is 6.54. The highest BCUT2D eigenvalue weighted by Gasteiger charge is 2.12. The molecule has 0 radical (unpaired) electrons. The minimum Gasteiger partial charge on any atom is -0.489 e. The van der Waals surface area contributed by atoms with E-state index in [0.717, 1.165) is 28.4 Å². The maximum atomic E-state index is 12.2. The van der Waals surface area contributed by atoms with E-state index in [4.69, 9.17) is 16.3 Å². The van der Waals surface area contributed by atoms with Crippen LogP contribution in [0.2, 0.25) is 5.02 Å². The van der Waals surface area contributed by atoms with E-state index < -0.39 is 0 Å². The molecule has 0 saturated carbocycles. The number of hydrogen-bond donors (Lipinski definition) is 1. The first kappa shape index (κ1) is 20.3. The van der Waals surface area contributed by atoms with Gasteiger partial charge in [0.1, 0.15) is 23.1 Å². The first-order valence-electron chi connectivity index (χ1n) is 8.87. The molecular weight excluding hydrogens is 394 g/mol. The normalized spacial score (nSPS) is 10.9. The quantitative estimate of drug-likeness (QED) is 0.594. The summed E-state index contributed by atoms with van der Waals surface area (Å²) < 4.78 is 5.87. The number of nitrogens with one attached hydrogen (secondary N) is 1. The standard InChI is InChI=1S/C21H22ClN3O2S/c1-25(2)10-9-23-20(26)19-14-28-21(24-19)16-6-4-8-18(12-16)27-13-15-5-3-7-17(22)11-15/h3-8,11-12,14H,9-10,13H2,1-2H3,(H,23,26). The molecule has 1 amide bonds. The molecule has 2 aromatic carbocycles. The van der Waals surface area contributed by atoms with Crippen molar-refractivity contribution in [2.45, 2.75) is 6.61 Å². The van der Waals surface area contributed by atoms with Crippen molar-refractivity contribution in [2.75, 3.05) is 27.2 Å². The summed E-state index contributed by atoms with van der Waals surface area (Å²) in [5.41, 5.74) is 2.36. The fourth-order valence-corrected chi connectivity index (χ4v) is 3.52. The van der Waals surface area contributed by atoms with E-state index >= 15 is 0 Å². The van der Waals surface area contributed by atoms with Crippen LogP contribution in [0.5, 0.6) is 5.75 Å². The molecule has 146 valence electrons. The van der Waals surface area contributed by atoms with Crippen molar-refractivity contribution in [2.24, 2.45) is 0 Å². The van der Waals surface area contributed by atoms with Gasteiger partial charge >= 0.3 is 0 Å². The van der Waals surface area contributed by atoms with Crippen LogP contribution in [0.15, 0.2) is 53.9 Å². The fourth-order valence-electron chi connectivity index (χ4n) is 2.51. The van der Waals surface area contributed by atoms with E-state index in [0.29, 0.717) is 23.9 Å². The van der Waals surface area contributed by atoms with E-state index in [-0.39, 0.29) is 5.91 Å². The summed E-state index contributed by atoms with van der Waals surface area (Å²) in [5, 5.41) is 6.13. The van der Waals surface area contributed by atoms with Crippen molar-refractivity contribution in [3.05, 3.63) is 70.2 Å². The molecule has 0 aliphatic rings. The van der Waals surface area contributed by atoms with Gasteiger partial charge in [-0.25, -0.2) is 4.98 Å². The summed E-state index contributed by atoms with van der Waals surface area (Å²) in [6, 6.07) is 15.3. The molecule has 0 fully saturated rings. The number of ether oxygens (including phenoxy) is 1. The van der Waals surface area contributed by atoms with Gasteiger partial charge in [-0.15, -0.1) is 11.3 Å². The topological polar surface area (TPSA) is 54.5 Å². The molecule has 5 nitrogen and oxygen atoms in total. The lowest BCUT2D eigenvalue weighted by Crippen LogP contribution is -2.31. The third kappa shape index (κ3) is 5.79. The van der Waals surface area contributed by atoms with Gasteiger partial charge in [-0.1, -0.05) is 35.9 Å². The van der Waals surface area contributed by atoms with Crippen LogP contribution in [-0.4, -0.2) is 43.0 Å². The van der Waals surface area contributed by atoms with Crippen LogP contribution >= 0.6 is 22.9 Å². The zero-order valence-corrected chi connectivity index (χ0v) is 17.4. The SMILES string of the molecule is CN(C)CCNC(=O)c1csc(-c2cccc(OCc3cccc(Cl)c3)c2)n1. The third-order valence-corrected chi connectivity index (χ3v) is 5.08. The predicted octanol–water partition coefficient (Wildman–Crippen LogP) is 4.33. The first-order chi connectivity index (χ1) is 13.5. The molecule has 0 unspecified atom stereocenters. The van der Waals surface area contributed by atoms with Crippen molar-refractivity contribution in [1.82, 2.24) is 15.2 Å². The number of rotatable bonds is 8. The number of carbonyl (C=O) groups excluding carboxylic acids is 1. The van der Waals surface area contributed by atoms with E-state index in [9.17, 15) is 4.79 Å². The minimum atomic E-state index is -0.155. The number of aromatic nitrogens is 1. The lowest BCUT2D eigenvalue weighted by Gasteiger charge is -2.09. The Morgan fingerprint density at radius 1 is 1.21 bits per heavy atom. The number of carbonyl (C=O) groups is 1. The lowest BCUT2D eigenvalue weighted by molar-refractivity contribution is 0.0947. The van der Waals surface area contributed by atoms with E-state index in [1.807, 2.05) is 67.5 Å². The smallest absolute Gasteiger partial charge is 0.270 e. The number of benzene rings is 2. The molecular formula is C21H22ClN3O2S. The highest BCUT2D eigenvalue weighted by Crippen LogP contribution is 2.27. The number of nitrogens with zero attached hydrogens (tertiary/aromatic N) is 2. The van der Waals surface area contributed by atoms with Gasteiger partial charge in [0.25, 0.3) is 5.91 Å². The number of likely N-dealkylation sites (N-methyl/N-ethyl adjacent to an activating group) is 1. The molecule has 0 bridgehead atoms. The molecule has 1 aromatic heterocycles. The van der Waals surface area contributed by atoms with Crippen LogP contribution in [-0.2, 0) is 6.61 Å².